The lowest BCUT2D eigenvalue weighted by molar-refractivity contribution is -0.137. The molecule has 0 heterocycles. The van der Waals surface area contributed by atoms with E-state index in [1.54, 1.807) is 6.92 Å². The summed E-state index contributed by atoms with van der Waals surface area (Å²) in [5.74, 6) is 0.132. The van der Waals surface area contributed by atoms with Crippen molar-refractivity contribution in [1.29, 1.82) is 0 Å². The van der Waals surface area contributed by atoms with Crippen LogP contribution in [-0.4, -0.2) is 12.6 Å². The van der Waals surface area contributed by atoms with Gasteiger partial charge in [0, 0.05) is 4.48 Å². The van der Waals surface area contributed by atoms with Crippen LogP contribution in [0.1, 0.15) is 37.8 Å². The van der Waals surface area contributed by atoms with Crippen molar-refractivity contribution in [1.82, 2.24) is 0 Å². The molecule has 0 saturated carbocycles. The Morgan fingerprint density at radius 3 is 2.22 bits per heavy atom. The molecule has 0 bridgehead atoms. The predicted octanol–water partition coefficient (Wildman–Crippen LogP) is 4.83. The Balaban J connectivity index is 2.99. The van der Waals surface area contributed by atoms with Crippen LogP contribution < -0.4 is 0 Å². The standard InChI is InChI=1S/C14H16Br2O2/c1-4-18-14(17)13(16)12(15)11-7-5-10(6-8-11)9(2)3/h5-9H,4H2,1-3H3/b13-12+. The van der Waals surface area contributed by atoms with Crippen LogP contribution >= 0.6 is 31.9 Å². The first-order valence-corrected chi connectivity index (χ1v) is 7.38. The van der Waals surface area contributed by atoms with Crippen LogP contribution in [0.3, 0.4) is 0 Å². The monoisotopic (exact) mass is 374 g/mol. The van der Waals surface area contributed by atoms with Crippen molar-refractivity contribution in [3.05, 3.63) is 39.9 Å². The first-order chi connectivity index (χ1) is 8.47. The smallest absolute Gasteiger partial charge is 0.346 e. The van der Waals surface area contributed by atoms with Crippen molar-refractivity contribution in [2.75, 3.05) is 6.61 Å². The molecule has 0 aromatic heterocycles. The van der Waals surface area contributed by atoms with E-state index in [1.807, 2.05) is 12.1 Å². The third kappa shape index (κ3) is 3.95. The van der Waals surface area contributed by atoms with Gasteiger partial charge in [0.25, 0.3) is 0 Å². The number of hydrogen-bond acceptors (Lipinski definition) is 2. The summed E-state index contributed by atoms with van der Waals surface area (Å²) in [6.07, 6.45) is 0. The lowest BCUT2D eigenvalue weighted by atomic mass is 10.0. The molecule has 0 aliphatic rings. The van der Waals surface area contributed by atoms with Crippen LogP contribution in [0, 0.1) is 0 Å². The minimum Gasteiger partial charge on any atom is -0.462 e. The SMILES string of the molecule is CCOC(=O)/C(Br)=C(\Br)c1ccc(C(C)C)cc1. The lowest BCUT2D eigenvalue weighted by Crippen LogP contribution is -2.04. The minimum absolute atomic E-state index is 0.362. The second-order valence-electron chi connectivity index (χ2n) is 4.13. The number of esters is 1. The minimum atomic E-state index is -0.364. The van der Waals surface area contributed by atoms with E-state index >= 15 is 0 Å². The Hall–Kier alpha value is -0.610. The highest BCUT2D eigenvalue weighted by atomic mass is 79.9. The van der Waals surface area contributed by atoms with Gasteiger partial charge in [0.2, 0.25) is 0 Å². The summed E-state index contributed by atoms with van der Waals surface area (Å²) >= 11 is 6.67. The van der Waals surface area contributed by atoms with Gasteiger partial charge in [0.05, 0.1) is 6.61 Å². The second-order valence-corrected chi connectivity index (χ2v) is 5.71. The molecule has 0 radical (unpaired) electrons. The van der Waals surface area contributed by atoms with Gasteiger partial charge in [-0.1, -0.05) is 38.1 Å². The molecule has 0 fully saturated rings. The molecular formula is C14H16Br2O2. The quantitative estimate of drug-likeness (QED) is 0.556. The lowest BCUT2D eigenvalue weighted by Gasteiger charge is -2.08. The van der Waals surface area contributed by atoms with E-state index in [9.17, 15) is 4.79 Å². The van der Waals surface area contributed by atoms with Gasteiger partial charge in [-0.3, -0.25) is 0 Å². The molecule has 0 aliphatic heterocycles. The van der Waals surface area contributed by atoms with E-state index in [0.717, 1.165) is 5.56 Å². The number of ether oxygens (including phenoxy) is 1. The van der Waals surface area contributed by atoms with Crippen molar-refractivity contribution in [2.24, 2.45) is 0 Å². The first kappa shape index (κ1) is 15.4. The third-order valence-corrected chi connectivity index (χ3v) is 4.58. The number of carbonyl (C=O) groups is 1. The van der Waals surface area contributed by atoms with E-state index in [1.165, 1.54) is 5.56 Å². The maximum Gasteiger partial charge on any atom is 0.346 e. The summed E-state index contributed by atoms with van der Waals surface area (Å²) in [6.45, 7) is 6.44. The highest BCUT2D eigenvalue weighted by Crippen LogP contribution is 2.30. The Morgan fingerprint density at radius 1 is 1.22 bits per heavy atom. The fourth-order valence-electron chi connectivity index (χ4n) is 1.43. The van der Waals surface area contributed by atoms with Gasteiger partial charge < -0.3 is 4.74 Å². The molecular weight excluding hydrogens is 360 g/mol. The predicted molar refractivity (Wildman–Crippen MR) is 81.9 cm³/mol. The first-order valence-electron chi connectivity index (χ1n) is 5.80. The average molecular weight is 376 g/mol. The van der Waals surface area contributed by atoms with Crippen molar-refractivity contribution >= 4 is 42.3 Å². The maximum atomic E-state index is 11.6. The van der Waals surface area contributed by atoms with E-state index in [4.69, 9.17) is 4.74 Å². The van der Waals surface area contributed by atoms with E-state index < -0.39 is 0 Å². The summed E-state index contributed by atoms with van der Waals surface area (Å²) in [5, 5.41) is 0. The Bertz CT molecular complexity index is 447. The zero-order valence-electron chi connectivity index (χ0n) is 10.7. The fraction of sp³-hybridized carbons (Fsp3) is 0.357. The van der Waals surface area contributed by atoms with Crippen LogP contribution in [0.25, 0.3) is 4.48 Å². The van der Waals surface area contributed by atoms with Crippen molar-refractivity contribution < 1.29 is 9.53 Å². The molecule has 1 rings (SSSR count). The summed E-state index contributed by atoms with van der Waals surface area (Å²) in [7, 11) is 0. The van der Waals surface area contributed by atoms with E-state index in [2.05, 4.69) is 57.8 Å². The van der Waals surface area contributed by atoms with Gasteiger partial charge in [-0.25, -0.2) is 4.79 Å². The molecule has 18 heavy (non-hydrogen) atoms. The molecule has 4 heteroatoms. The fourth-order valence-corrected chi connectivity index (χ4v) is 2.19. The highest BCUT2D eigenvalue weighted by Gasteiger charge is 2.13. The van der Waals surface area contributed by atoms with Crippen LogP contribution in [0.5, 0.6) is 0 Å². The molecule has 0 spiro atoms. The number of halogens is 2. The summed E-state index contributed by atoms with van der Waals surface area (Å²) in [6, 6.07) is 8.10. The molecule has 1 aromatic rings. The molecule has 0 amide bonds. The van der Waals surface area contributed by atoms with Gasteiger partial charge in [-0.15, -0.1) is 0 Å². The number of hydrogen-bond donors (Lipinski definition) is 0. The van der Waals surface area contributed by atoms with Crippen LogP contribution in [0.15, 0.2) is 28.7 Å². The molecule has 0 N–H and O–H groups in total. The van der Waals surface area contributed by atoms with Crippen molar-refractivity contribution in [3.63, 3.8) is 0 Å². The molecule has 1 aromatic carbocycles. The van der Waals surface area contributed by atoms with E-state index in [-0.39, 0.29) is 5.97 Å². The molecule has 2 nitrogen and oxygen atoms in total. The van der Waals surface area contributed by atoms with Gasteiger partial charge in [0.15, 0.2) is 0 Å². The molecule has 98 valence electrons. The van der Waals surface area contributed by atoms with Crippen LogP contribution in [-0.2, 0) is 9.53 Å². The largest absolute Gasteiger partial charge is 0.462 e. The molecule has 0 atom stereocenters. The topological polar surface area (TPSA) is 26.3 Å². The van der Waals surface area contributed by atoms with Gasteiger partial charge in [-0.2, -0.15) is 0 Å². The normalized spacial score (nSPS) is 12.3. The molecule has 0 aliphatic carbocycles. The van der Waals surface area contributed by atoms with Crippen molar-refractivity contribution in [2.45, 2.75) is 26.7 Å². The maximum absolute atomic E-state index is 11.6. The number of rotatable bonds is 4. The third-order valence-electron chi connectivity index (χ3n) is 2.48. The Kier molecular flexibility index (Phi) is 6.09. The zero-order chi connectivity index (χ0) is 13.7. The zero-order valence-corrected chi connectivity index (χ0v) is 13.8. The van der Waals surface area contributed by atoms with Crippen molar-refractivity contribution in [3.8, 4) is 0 Å². The number of benzene rings is 1. The number of carbonyl (C=O) groups excluding carboxylic acids is 1. The average Bonchev–Trinajstić information content (AvgIpc) is 2.37. The Morgan fingerprint density at radius 2 is 1.78 bits per heavy atom. The van der Waals surface area contributed by atoms with Gasteiger partial charge >= 0.3 is 5.97 Å². The second kappa shape index (κ2) is 7.10. The highest BCUT2D eigenvalue weighted by molar-refractivity contribution is 9.16. The van der Waals surface area contributed by atoms with Crippen LogP contribution in [0.4, 0.5) is 0 Å². The Labute approximate surface area is 125 Å². The summed E-state index contributed by atoms with van der Waals surface area (Å²) in [4.78, 5) is 11.6. The summed E-state index contributed by atoms with van der Waals surface area (Å²) in [5.41, 5.74) is 2.21. The van der Waals surface area contributed by atoms with Gasteiger partial charge in [0.1, 0.15) is 4.48 Å². The van der Waals surface area contributed by atoms with Crippen LogP contribution in [0.2, 0.25) is 0 Å². The molecule has 0 saturated heterocycles. The van der Waals surface area contributed by atoms with Gasteiger partial charge in [-0.05, 0) is 55.8 Å². The summed E-state index contributed by atoms with van der Waals surface area (Å²) < 4.78 is 6.04. The molecule has 0 unspecified atom stereocenters. The van der Waals surface area contributed by atoms with E-state index in [0.29, 0.717) is 21.5 Å².